The lowest BCUT2D eigenvalue weighted by Crippen LogP contribution is -2.43. The Kier molecular flexibility index (Phi) is 1.83. The number of rotatable bonds is 0. The third-order valence-corrected chi connectivity index (χ3v) is 4.78. The molecule has 0 radical (unpaired) electrons. The Morgan fingerprint density at radius 1 is 1.29 bits per heavy atom. The fourth-order valence-corrected chi connectivity index (χ4v) is 4.16. The van der Waals surface area contributed by atoms with Crippen LogP contribution in [0.3, 0.4) is 0 Å². The first kappa shape index (κ1) is 8.70. The molecule has 0 aromatic heterocycles. The summed E-state index contributed by atoms with van der Waals surface area (Å²) in [6.45, 7) is 0. The van der Waals surface area contributed by atoms with Gasteiger partial charge in [-0.1, -0.05) is 18.6 Å². The Labute approximate surface area is 85.6 Å². The molecule has 2 saturated carbocycles. The van der Waals surface area contributed by atoms with E-state index >= 15 is 0 Å². The third-order valence-electron chi connectivity index (χ3n) is 4.78. The molecule has 1 nitrogen and oxygen atoms in total. The summed E-state index contributed by atoms with van der Waals surface area (Å²) >= 11 is 0. The molecule has 3 atom stereocenters. The topological polar surface area (TPSA) is 17.1 Å². The summed E-state index contributed by atoms with van der Waals surface area (Å²) < 4.78 is 0. The van der Waals surface area contributed by atoms with Crippen molar-refractivity contribution in [1.82, 2.24) is 0 Å². The van der Waals surface area contributed by atoms with E-state index in [-0.39, 0.29) is 0 Å². The third kappa shape index (κ3) is 0.986. The van der Waals surface area contributed by atoms with E-state index < -0.39 is 0 Å². The summed E-state index contributed by atoms with van der Waals surface area (Å²) in [7, 11) is 0. The van der Waals surface area contributed by atoms with Gasteiger partial charge in [0.15, 0.2) is 0 Å². The Balaban J connectivity index is 2.01. The molecular weight excluding hydrogens is 172 g/mol. The fourth-order valence-electron chi connectivity index (χ4n) is 4.16. The van der Waals surface area contributed by atoms with Crippen LogP contribution in [0.5, 0.6) is 0 Å². The summed E-state index contributed by atoms with van der Waals surface area (Å²) in [6, 6.07) is 0. The van der Waals surface area contributed by atoms with E-state index in [0.29, 0.717) is 17.1 Å². The van der Waals surface area contributed by atoms with Gasteiger partial charge in [-0.2, -0.15) is 0 Å². The molecule has 3 aliphatic carbocycles. The predicted octanol–water partition coefficient (Wildman–Crippen LogP) is 3.10. The second kappa shape index (κ2) is 2.95. The number of carbonyl (C=O) groups excluding carboxylic acids is 1. The van der Waals surface area contributed by atoms with Crippen molar-refractivity contribution in [2.24, 2.45) is 17.3 Å². The van der Waals surface area contributed by atoms with Gasteiger partial charge in [0, 0.05) is 12.3 Å². The second-order valence-corrected chi connectivity index (χ2v) is 5.27. The summed E-state index contributed by atoms with van der Waals surface area (Å²) in [6.07, 6.45) is 13.0. The highest BCUT2D eigenvalue weighted by molar-refractivity contribution is 5.83. The van der Waals surface area contributed by atoms with Gasteiger partial charge in [-0.25, -0.2) is 0 Å². The lowest BCUT2D eigenvalue weighted by atomic mass is 9.57. The van der Waals surface area contributed by atoms with Crippen LogP contribution in [0.15, 0.2) is 12.2 Å². The molecule has 0 N–H and O–H groups in total. The monoisotopic (exact) mass is 190 g/mol. The average Bonchev–Trinajstić information content (AvgIpc) is 2.59. The molecule has 2 fully saturated rings. The van der Waals surface area contributed by atoms with Crippen LogP contribution in [0, 0.1) is 17.3 Å². The first-order chi connectivity index (χ1) is 6.83. The number of allylic oxidation sites excluding steroid dienone is 2. The van der Waals surface area contributed by atoms with Gasteiger partial charge in [-0.05, 0) is 43.4 Å². The lowest BCUT2D eigenvalue weighted by Gasteiger charge is -2.46. The van der Waals surface area contributed by atoms with Gasteiger partial charge in [0.2, 0.25) is 0 Å². The minimum absolute atomic E-state index is 0.397. The Bertz CT molecular complexity index is 292. The first-order valence-electron chi connectivity index (χ1n) is 6.02. The van der Waals surface area contributed by atoms with E-state index in [2.05, 4.69) is 12.2 Å². The Morgan fingerprint density at radius 3 is 3.07 bits per heavy atom. The van der Waals surface area contributed by atoms with Gasteiger partial charge in [0.25, 0.3) is 0 Å². The molecule has 0 aliphatic heterocycles. The van der Waals surface area contributed by atoms with Crippen molar-refractivity contribution in [3.63, 3.8) is 0 Å². The van der Waals surface area contributed by atoms with Crippen LogP contribution in [0.2, 0.25) is 0 Å². The van der Waals surface area contributed by atoms with Crippen LogP contribution >= 0.6 is 0 Å². The molecule has 0 aromatic rings. The van der Waals surface area contributed by atoms with E-state index in [9.17, 15) is 4.79 Å². The van der Waals surface area contributed by atoms with Crippen molar-refractivity contribution < 1.29 is 4.79 Å². The van der Waals surface area contributed by atoms with Crippen molar-refractivity contribution in [2.75, 3.05) is 0 Å². The van der Waals surface area contributed by atoms with Crippen molar-refractivity contribution >= 4 is 5.78 Å². The highest BCUT2D eigenvalue weighted by Gasteiger charge is 2.52. The molecular formula is C13H18O. The molecule has 0 bridgehead atoms. The Hall–Kier alpha value is -0.590. The normalized spacial score (nSPS) is 46.1. The van der Waals surface area contributed by atoms with Crippen molar-refractivity contribution in [3.05, 3.63) is 12.2 Å². The zero-order valence-electron chi connectivity index (χ0n) is 8.67. The Morgan fingerprint density at radius 2 is 2.14 bits per heavy atom. The van der Waals surface area contributed by atoms with Crippen molar-refractivity contribution in [1.29, 1.82) is 0 Å². The molecule has 14 heavy (non-hydrogen) atoms. The van der Waals surface area contributed by atoms with E-state index in [4.69, 9.17) is 0 Å². The van der Waals surface area contributed by atoms with Gasteiger partial charge in [-0.15, -0.1) is 0 Å². The summed E-state index contributed by atoms with van der Waals surface area (Å²) in [5, 5.41) is 0. The van der Waals surface area contributed by atoms with Gasteiger partial charge >= 0.3 is 0 Å². The van der Waals surface area contributed by atoms with Crippen molar-refractivity contribution in [3.8, 4) is 0 Å². The maximum atomic E-state index is 11.9. The van der Waals surface area contributed by atoms with Gasteiger partial charge in [0.05, 0.1) is 0 Å². The highest BCUT2D eigenvalue weighted by atomic mass is 16.1. The van der Waals surface area contributed by atoms with Crippen LogP contribution in [-0.2, 0) is 4.79 Å². The average molecular weight is 190 g/mol. The minimum atomic E-state index is 0.397. The lowest BCUT2D eigenvalue weighted by molar-refractivity contribution is -0.132. The minimum Gasteiger partial charge on any atom is -0.299 e. The number of carbonyl (C=O) groups is 1. The molecule has 0 unspecified atom stereocenters. The molecule has 1 spiro atoms. The van der Waals surface area contributed by atoms with Crippen LogP contribution < -0.4 is 0 Å². The summed E-state index contributed by atoms with van der Waals surface area (Å²) in [5.74, 6) is 1.70. The number of Topliss-reactive ketones (excluding diaryl/α,β-unsaturated/α-hetero) is 1. The molecule has 1 heteroatoms. The maximum absolute atomic E-state index is 11.9. The fraction of sp³-hybridized carbons (Fsp3) is 0.769. The molecule has 0 heterocycles. The van der Waals surface area contributed by atoms with Crippen LogP contribution in [0.4, 0.5) is 0 Å². The SMILES string of the molecule is O=C1CCC[C@]23CCC[C@@H]2C=CC[C@@H]13. The smallest absolute Gasteiger partial charge is 0.136 e. The van der Waals surface area contributed by atoms with Gasteiger partial charge in [0.1, 0.15) is 5.78 Å². The van der Waals surface area contributed by atoms with E-state index in [1.54, 1.807) is 0 Å². The van der Waals surface area contributed by atoms with E-state index in [0.717, 1.165) is 25.2 Å². The molecule has 3 aliphatic rings. The molecule has 76 valence electrons. The van der Waals surface area contributed by atoms with Crippen LogP contribution in [0.25, 0.3) is 0 Å². The predicted molar refractivity (Wildman–Crippen MR) is 55.9 cm³/mol. The zero-order valence-corrected chi connectivity index (χ0v) is 8.67. The van der Waals surface area contributed by atoms with E-state index in [1.165, 1.54) is 25.7 Å². The number of ketones is 1. The standard InChI is InChI=1S/C13H18O/c14-12-7-3-9-13-8-2-5-10(13)4-1-6-11(12)13/h1,4,10-11H,2-3,5-9H2/t10-,11-,13+/m0/s1. The first-order valence-corrected chi connectivity index (χ1v) is 6.02. The highest BCUT2D eigenvalue weighted by Crippen LogP contribution is 2.58. The van der Waals surface area contributed by atoms with Crippen LogP contribution in [0.1, 0.15) is 44.9 Å². The van der Waals surface area contributed by atoms with Gasteiger partial charge < -0.3 is 0 Å². The second-order valence-electron chi connectivity index (χ2n) is 5.27. The van der Waals surface area contributed by atoms with Crippen molar-refractivity contribution in [2.45, 2.75) is 44.9 Å². The summed E-state index contributed by atoms with van der Waals surface area (Å²) in [5.41, 5.74) is 0.421. The van der Waals surface area contributed by atoms with E-state index in [1.807, 2.05) is 0 Å². The number of hydrogen-bond donors (Lipinski definition) is 0. The molecule has 3 rings (SSSR count). The number of hydrogen-bond acceptors (Lipinski definition) is 1. The quantitative estimate of drug-likeness (QED) is 0.536. The largest absolute Gasteiger partial charge is 0.299 e. The maximum Gasteiger partial charge on any atom is 0.136 e. The molecule has 0 saturated heterocycles. The summed E-state index contributed by atoms with van der Waals surface area (Å²) in [4.78, 5) is 11.9. The van der Waals surface area contributed by atoms with Crippen LogP contribution in [-0.4, -0.2) is 5.78 Å². The zero-order chi connectivity index (χ0) is 9.60. The molecule has 0 aromatic carbocycles. The molecule has 0 amide bonds. The van der Waals surface area contributed by atoms with Gasteiger partial charge in [-0.3, -0.25) is 4.79 Å².